The zero-order chi connectivity index (χ0) is 24.9. The van der Waals surface area contributed by atoms with Crippen molar-refractivity contribution in [2.45, 2.75) is 62.6 Å². The van der Waals surface area contributed by atoms with E-state index in [1.807, 2.05) is 24.3 Å². The van der Waals surface area contributed by atoms with Gasteiger partial charge in [-0.2, -0.15) is 0 Å². The highest BCUT2D eigenvalue weighted by Crippen LogP contribution is 2.35. The molecule has 0 saturated heterocycles. The van der Waals surface area contributed by atoms with Gasteiger partial charge in [0.25, 0.3) is 0 Å². The van der Waals surface area contributed by atoms with Crippen molar-refractivity contribution in [2.24, 2.45) is 5.92 Å². The van der Waals surface area contributed by atoms with Crippen molar-refractivity contribution >= 4 is 35.3 Å². The number of unbranched alkanes of at least 4 members (excludes halogenated alkanes) is 1. The molecule has 0 spiro atoms. The van der Waals surface area contributed by atoms with E-state index in [1.165, 1.54) is 23.5 Å². The van der Waals surface area contributed by atoms with Gasteiger partial charge in [0.2, 0.25) is 0 Å². The van der Waals surface area contributed by atoms with Gasteiger partial charge in [-0.25, -0.2) is 0 Å². The number of carboxylic acids is 1. The molecule has 1 fully saturated rings. The molecule has 0 radical (unpaired) electrons. The normalized spacial score (nSPS) is 22.6. The molecule has 1 aliphatic rings. The van der Waals surface area contributed by atoms with E-state index < -0.39 is 23.4 Å². The number of ketones is 1. The number of carbonyl (C=O) groups is 2. The standard InChI is InChI=1S/C26H36O6S2/c1-3-4-9-20(19-8-5-7-18(14-19)16-32-2)22(27)11-10-21-23(28)15-24(29)26(21)34-13-6-12-33-17-25(30)31/h5-8,10-11,13-14,20-23,26-28H,3-4,9,12,15-17H2,1-2H3,(H,30,31)/b11-10+,13-6+/t20?,21-,22?,23?,26+/m0/s1. The lowest BCUT2D eigenvalue weighted by atomic mass is 9.87. The van der Waals surface area contributed by atoms with Crippen molar-refractivity contribution < 1.29 is 29.6 Å². The fourth-order valence-corrected chi connectivity index (χ4v) is 5.80. The minimum atomic E-state index is -0.855. The summed E-state index contributed by atoms with van der Waals surface area (Å²) in [4.78, 5) is 23.0. The highest BCUT2D eigenvalue weighted by atomic mass is 32.2. The van der Waals surface area contributed by atoms with Gasteiger partial charge in [0.15, 0.2) is 0 Å². The molecule has 6 nitrogen and oxygen atoms in total. The maximum Gasteiger partial charge on any atom is 0.313 e. The van der Waals surface area contributed by atoms with Gasteiger partial charge in [-0.1, -0.05) is 62.3 Å². The third kappa shape index (κ3) is 9.23. The van der Waals surface area contributed by atoms with Crippen molar-refractivity contribution in [2.75, 3.05) is 18.6 Å². The summed E-state index contributed by atoms with van der Waals surface area (Å²) in [6.07, 6.45) is 6.79. The number of carbonyl (C=O) groups excluding carboxylic acids is 1. The van der Waals surface area contributed by atoms with Crippen molar-refractivity contribution in [3.05, 3.63) is 59.0 Å². The molecule has 1 aliphatic carbocycles. The lowest BCUT2D eigenvalue weighted by molar-refractivity contribution is -0.133. The minimum absolute atomic E-state index is 0.0146. The Labute approximate surface area is 210 Å². The first kappa shape index (κ1) is 28.7. The topological polar surface area (TPSA) is 104 Å². The van der Waals surface area contributed by atoms with Crippen molar-refractivity contribution in [1.29, 1.82) is 0 Å². The fourth-order valence-electron chi connectivity index (χ4n) is 4.08. The van der Waals surface area contributed by atoms with Gasteiger partial charge in [-0.3, -0.25) is 9.59 Å². The summed E-state index contributed by atoms with van der Waals surface area (Å²) in [5.74, 6) is -0.753. The number of hydrogen-bond donors (Lipinski definition) is 3. The molecule has 3 N–H and O–H groups in total. The van der Waals surface area contributed by atoms with Crippen LogP contribution in [0.25, 0.3) is 0 Å². The van der Waals surface area contributed by atoms with E-state index in [-0.39, 0.29) is 29.8 Å². The Bertz CT molecular complexity index is 840. The Balaban J connectivity index is 2.08. The van der Waals surface area contributed by atoms with Crippen LogP contribution in [0.4, 0.5) is 0 Å². The van der Waals surface area contributed by atoms with Gasteiger partial charge in [0.05, 0.1) is 29.8 Å². The van der Waals surface area contributed by atoms with Crippen LogP contribution in [-0.4, -0.2) is 63.1 Å². The molecule has 0 aliphatic heterocycles. The Morgan fingerprint density at radius 3 is 2.85 bits per heavy atom. The molecule has 1 saturated carbocycles. The molecule has 8 heteroatoms. The number of aliphatic hydroxyl groups excluding tert-OH is 2. The Hall–Kier alpha value is -1.58. The zero-order valence-electron chi connectivity index (χ0n) is 19.8. The van der Waals surface area contributed by atoms with Crippen molar-refractivity contribution in [3.63, 3.8) is 0 Å². The molecule has 188 valence electrons. The van der Waals surface area contributed by atoms with E-state index in [1.54, 1.807) is 24.7 Å². The van der Waals surface area contributed by atoms with Gasteiger partial charge in [0.1, 0.15) is 5.78 Å². The van der Waals surface area contributed by atoms with Crippen LogP contribution >= 0.6 is 23.5 Å². The zero-order valence-corrected chi connectivity index (χ0v) is 21.5. The number of hydrogen-bond acceptors (Lipinski definition) is 7. The number of rotatable bonds is 15. The lowest BCUT2D eigenvalue weighted by Gasteiger charge is -2.23. The molecule has 1 aromatic rings. The number of methoxy groups -OCH3 is 1. The summed E-state index contributed by atoms with van der Waals surface area (Å²) in [7, 11) is 1.66. The van der Waals surface area contributed by atoms with Crippen LogP contribution in [0.2, 0.25) is 0 Å². The van der Waals surface area contributed by atoms with E-state index >= 15 is 0 Å². The number of thioether (sulfide) groups is 2. The predicted octanol–water partition coefficient (Wildman–Crippen LogP) is 4.41. The highest BCUT2D eigenvalue weighted by Gasteiger charge is 2.40. The average molecular weight is 509 g/mol. The second kappa shape index (κ2) is 15.4. The maximum absolute atomic E-state index is 12.4. The summed E-state index contributed by atoms with van der Waals surface area (Å²) >= 11 is 2.63. The molecule has 5 atom stereocenters. The van der Waals surface area contributed by atoms with E-state index in [4.69, 9.17) is 9.84 Å². The monoisotopic (exact) mass is 508 g/mol. The molecular weight excluding hydrogens is 472 g/mol. The van der Waals surface area contributed by atoms with Crippen LogP contribution in [0, 0.1) is 5.92 Å². The molecule has 0 amide bonds. The number of aliphatic hydroxyl groups is 2. The van der Waals surface area contributed by atoms with E-state index in [0.29, 0.717) is 12.4 Å². The summed E-state index contributed by atoms with van der Waals surface area (Å²) in [6.45, 7) is 2.63. The summed E-state index contributed by atoms with van der Waals surface area (Å²) in [6, 6.07) is 8.07. The quantitative estimate of drug-likeness (QED) is 0.236. The van der Waals surface area contributed by atoms with Crippen LogP contribution in [0.1, 0.15) is 49.7 Å². The smallest absolute Gasteiger partial charge is 0.313 e. The van der Waals surface area contributed by atoms with E-state index in [9.17, 15) is 19.8 Å². The first-order chi connectivity index (χ1) is 16.4. The number of benzene rings is 1. The van der Waals surface area contributed by atoms with Gasteiger partial charge >= 0.3 is 5.97 Å². The van der Waals surface area contributed by atoms with Gasteiger partial charge in [-0.15, -0.1) is 23.5 Å². The first-order valence-corrected chi connectivity index (χ1v) is 13.7. The van der Waals surface area contributed by atoms with Crippen LogP contribution in [-0.2, 0) is 20.9 Å². The average Bonchev–Trinajstić information content (AvgIpc) is 3.07. The van der Waals surface area contributed by atoms with Crippen LogP contribution in [0.5, 0.6) is 0 Å². The first-order valence-electron chi connectivity index (χ1n) is 11.6. The minimum Gasteiger partial charge on any atom is -0.481 e. The largest absolute Gasteiger partial charge is 0.481 e. The molecule has 34 heavy (non-hydrogen) atoms. The van der Waals surface area contributed by atoms with Crippen molar-refractivity contribution in [1.82, 2.24) is 0 Å². The Kier molecular flexibility index (Phi) is 13.0. The van der Waals surface area contributed by atoms with Gasteiger partial charge < -0.3 is 20.1 Å². The Morgan fingerprint density at radius 1 is 1.35 bits per heavy atom. The molecule has 0 aromatic heterocycles. The number of aliphatic carboxylic acids is 1. The number of ether oxygens (including phenoxy) is 1. The molecule has 1 aromatic carbocycles. The molecule has 0 bridgehead atoms. The summed E-state index contributed by atoms with van der Waals surface area (Å²) in [5, 5.41) is 31.6. The Morgan fingerprint density at radius 2 is 2.15 bits per heavy atom. The third-order valence-electron chi connectivity index (χ3n) is 5.78. The summed E-state index contributed by atoms with van der Waals surface area (Å²) < 4.78 is 5.25. The van der Waals surface area contributed by atoms with Crippen LogP contribution < -0.4 is 0 Å². The second-order valence-corrected chi connectivity index (χ2v) is 10.5. The highest BCUT2D eigenvalue weighted by molar-refractivity contribution is 8.03. The van der Waals surface area contributed by atoms with E-state index in [0.717, 1.165) is 30.4 Å². The van der Waals surface area contributed by atoms with Crippen LogP contribution in [0.15, 0.2) is 47.9 Å². The summed E-state index contributed by atoms with van der Waals surface area (Å²) in [5.41, 5.74) is 2.11. The number of carboxylic acid groups (broad SMARTS) is 1. The molecule has 3 unspecified atom stereocenters. The molecular formula is C26H36O6S2. The van der Waals surface area contributed by atoms with Gasteiger partial charge in [0, 0.05) is 31.1 Å². The molecule has 0 heterocycles. The second-order valence-electron chi connectivity index (χ2n) is 8.45. The number of Topliss-reactive ketones (excluding diaryl/α,β-unsaturated/α-hetero) is 1. The maximum atomic E-state index is 12.4. The molecule has 2 rings (SSSR count). The fraction of sp³-hybridized carbons (Fsp3) is 0.538. The predicted molar refractivity (Wildman–Crippen MR) is 139 cm³/mol. The SMILES string of the molecule is CCCCC(c1cccc(COC)c1)C(O)/C=C/[C@H]1C(O)CC(=O)[C@@H]1S/C=C/CSCC(=O)O. The van der Waals surface area contributed by atoms with Crippen molar-refractivity contribution in [3.8, 4) is 0 Å². The lowest BCUT2D eigenvalue weighted by Crippen LogP contribution is -2.22. The van der Waals surface area contributed by atoms with E-state index in [2.05, 4.69) is 13.0 Å². The van der Waals surface area contributed by atoms with Crippen LogP contribution in [0.3, 0.4) is 0 Å². The van der Waals surface area contributed by atoms with Gasteiger partial charge in [-0.05, 0) is 23.0 Å². The third-order valence-corrected chi connectivity index (χ3v) is 7.88.